The van der Waals surface area contributed by atoms with Crippen molar-refractivity contribution in [3.05, 3.63) is 127 Å². The molecule has 1 fully saturated rings. The summed E-state index contributed by atoms with van der Waals surface area (Å²) in [5, 5.41) is 32.3. The molecule has 17 nitrogen and oxygen atoms in total. The van der Waals surface area contributed by atoms with Crippen LogP contribution in [0.1, 0.15) is 73.0 Å². The molecule has 3 aromatic heterocycles. The van der Waals surface area contributed by atoms with Crippen molar-refractivity contribution in [2.75, 3.05) is 25.1 Å². The minimum Gasteiger partial charge on any atom is -0.444 e. The van der Waals surface area contributed by atoms with Crippen LogP contribution in [0.4, 0.5) is 19.8 Å². The topological polar surface area (TPSA) is 236 Å². The lowest BCUT2D eigenvalue weighted by Gasteiger charge is -2.30. The van der Waals surface area contributed by atoms with Crippen molar-refractivity contribution in [1.29, 1.82) is 0 Å². The molecule has 6 atom stereocenters. The zero-order valence-corrected chi connectivity index (χ0v) is 39.9. The summed E-state index contributed by atoms with van der Waals surface area (Å²) in [4.78, 5) is 65.7. The first-order valence-electron chi connectivity index (χ1n) is 21.3. The highest BCUT2D eigenvalue weighted by atomic mass is 32.2. The largest absolute Gasteiger partial charge is 0.444 e. The number of nitrogens with one attached hydrogen (secondary N) is 3. The normalized spacial score (nSPS) is 16.4. The molecule has 4 heterocycles. The molecule has 1 aliphatic heterocycles. The summed E-state index contributed by atoms with van der Waals surface area (Å²) in [6.45, 7) is 8.13. The number of alkyl carbamates (subject to hydrolysis) is 1. The Balaban J connectivity index is 0.000000426. The van der Waals surface area contributed by atoms with Crippen LogP contribution in [0.2, 0.25) is 0 Å². The van der Waals surface area contributed by atoms with Crippen molar-refractivity contribution in [3.8, 4) is 0 Å². The van der Waals surface area contributed by atoms with Gasteiger partial charge in [0, 0.05) is 36.3 Å². The highest BCUT2D eigenvalue weighted by Gasteiger charge is 2.31. The predicted octanol–water partition coefficient (Wildman–Crippen LogP) is 5.45. The van der Waals surface area contributed by atoms with Gasteiger partial charge in [0.2, 0.25) is 5.91 Å². The quantitative estimate of drug-likeness (QED) is 0.0605. The Kier molecular flexibility index (Phi) is 19.9. The number of rotatable bonds is 19. The van der Waals surface area contributed by atoms with Crippen LogP contribution in [0.5, 0.6) is 0 Å². The molecule has 1 aliphatic rings. The van der Waals surface area contributed by atoms with E-state index in [9.17, 15) is 28.7 Å². The fourth-order valence-corrected chi connectivity index (χ4v) is 9.00. The van der Waals surface area contributed by atoms with Crippen molar-refractivity contribution < 1.29 is 38.5 Å². The molecule has 6 rings (SSSR count). The molecule has 4 amide bonds. The standard InChI is InChI=1S/C37H48N6O5S2.C8H10FN3O3S/c1-24(2)33(42-36(46)43(5)20-29-22-49-35(40-29)25(3)4)34(45)39-28(16-26-12-8-6-9-13-26)18-32(44)31(17-27-14-10-7-11-15-27)41-37(47)48-21-30-19-38-23-50-30;9-4-1-12(8(14)11-7(4)10)5-3-16-6(2-13)15-5/h6-15,19,22-25,28,31-33,44H,16-18,20-21H2,1-5H3,(H,39,45)(H,41,47)(H,42,46);1,5-6,13H,2-3H2,(H2,10,11,14)/t28-,31-,32-,33-;5-,6+/m00/s1. The number of hydrogen-bond donors (Lipinski definition) is 6. The number of amides is 4. The summed E-state index contributed by atoms with van der Waals surface area (Å²) in [7, 11) is 1.68. The summed E-state index contributed by atoms with van der Waals surface area (Å²) >= 11 is 4.30. The second kappa shape index (κ2) is 25.5. The number of thiazole rings is 2. The number of aliphatic hydroxyl groups excluding tert-OH is 2. The number of halogens is 1. The van der Waals surface area contributed by atoms with E-state index in [0.717, 1.165) is 37.5 Å². The molecule has 356 valence electrons. The Morgan fingerprint density at radius 1 is 1.00 bits per heavy atom. The van der Waals surface area contributed by atoms with Gasteiger partial charge in [-0.1, -0.05) is 88.4 Å². The van der Waals surface area contributed by atoms with Gasteiger partial charge in [0.05, 0.1) is 52.6 Å². The maximum Gasteiger partial charge on any atom is 0.407 e. The summed E-state index contributed by atoms with van der Waals surface area (Å²) in [6.07, 6.45) is 1.19. The van der Waals surface area contributed by atoms with Crippen molar-refractivity contribution in [2.24, 2.45) is 5.92 Å². The van der Waals surface area contributed by atoms with Gasteiger partial charge in [0.15, 0.2) is 11.6 Å². The van der Waals surface area contributed by atoms with E-state index in [1.807, 2.05) is 79.9 Å². The number of nitrogens with zero attached hydrogens (tertiary/aromatic N) is 5. The number of urea groups is 1. The van der Waals surface area contributed by atoms with Gasteiger partial charge >= 0.3 is 17.8 Å². The average molecular weight is 968 g/mol. The number of benzene rings is 2. The Bertz CT molecular complexity index is 2340. The maximum absolute atomic E-state index is 13.9. The molecule has 0 aliphatic carbocycles. The fraction of sp³-hybridized carbons (Fsp3) is 0.444. The molecular weight excluding hydrogens is 910 g/mol. The van der Waals surface area contributed by atoms with E-state index >= 15 is 0 Å². The molecule has 0 bridgehead atoms. The highest BCUT2D eigenvalue weighted by Crippen LogP contribution is 2.30. The second-order valence-corrected chi connectivity index (χ2v) is 19.3. The molecule has 2 aromatic carbocycles. The van der Waals surface area contributed by atoms with Gasteiger partial charge < -0.3 is 46.3 Å². The number of hydrogen-bond acceptors (Lipinski definition) is 15. The Morgan fingerprint density at radius 2 is 1.68 bits per heavy atom. The number of aliphatic hydroxyl groups is 2. The van der Waals surface area contributed by atoms with E-state index in [2.05, 4.69) is 44.7 Å². The monoisotopic (exact) mass is 967 g/mol. The lowest BCUT2D eigenvalue weighted by molar-refractivity contribution is -0.124. The Morgan fingerprint density at radius 3 is 2.27 bits per heavy atom. The Labute approximate surface area is 395 Å². The molecule has 0 radical (unpaired) electrons. The minimum atomic E-state index is -1.05. The molecule has 0 saturated carbocycles. The van der Waals surface area contributed by atoms with Crippen molar-refractivity contribution in [1.82, 2.24) is 40.4 Å². The van der Waals surface area contributed by atoms with E-state index in [1.165, 1.54) is 28.0 Å². The van der Waals surface area contributed by atoms with Gasteiger partial charge in [-0.15, -0.1) is 34.4 Å². The van der Waals surface area contributed by atoms with Crippen molar-refractivity contribution in [3.63, 3.8) is 0 Å². The number of anilines is 1. The van der Waals surface area contributed by atoms with Crippen molar-refractivity contribution in [2.45, 2.75) is 102 Å². The minimum absolute atomic E-state index is 0.0671. The van der Waals surface area contributed by atoms with E-state index in [1.54, 1.807) is 30.1 Å². The van der Waals surface area contributed by atoms with Crippen LogP contribution in [-0.4, -0.2) is 102 Å². The Hall–Kier alpha value is -5.45. The lowest BCUT2D eigenvalue weighted by Crippen LogP contribution is -2.55. The van der Waals surface area contributed by atoms with E-state index in [4.69, 9.17) is 20.3 Å². The SMILES string of the molecule is CC(C)c1nc(CN(C)C(=O)N[C@H](C(=O)N[C@@H](Cc2ccccc2)C[C@H](O)[C@H](Cc2ccccc2)NC(=O)OCc2cncs2)C(C)C)cs1.Nc1nc(=O)n([C@@H]2CS[C@H](CO)O2)cc1F. The number of aromatic nitrogens is 4. The lowest BCUT2D eigenvalue weighted by atomic mass is 9.93. The number of carbonyl (C=O) groups excluding carboxylic acids is 3. The smallest absolute Gasteiger partial charge is 0.407 e. The van der Waals surface area contributed by atoms with Crippen LogP contribution >= 0.6 is 34.4 Å². The zero-order chi connectivity index (χ0) is 47.8. The molecule has 1 saturated heterocycles. The average Bonchev–Trinajstić information content (AvgIpc) is 4.10. The van der Waals surface area contributed by atoms with Gasteiger partial charge in [-0.3, -0.25) is 14.3 Å². The maximum atomic E-state index is 13.9. The van der Waals surface area contributed by atoms with Gasteiger partial charge in [0.1, 0.15) is 24.3 Å². The second-order valence-electron chi connectivity index (χ2n) is 16.2. The van der Waals surface area contributed by atoms with Crippen LogP contribution in [0.3, 0.4) is 0 Å². The predicted molar refractivity (Wildman–Crippen MR) is 253 cm³/mol. The fourth-order valence-electron chi connectivity index (χ4n) is 6.74. The summed E-state index contributed by atoms with van der Waals surface area (Å²) in [6, 6.07) is 16.8. The molecule has 5 aromatic rings. The zero-order valence-electron chi connectivity index (χ0n) is 37.4. The highest BCUT2D eigenvalue weighted by molar-refractivity contribution is 8.00. The number of nitrogen functional groups attached to an aromatic ring is 1. The first-order valence-corrected chi connectivity index (χ1v) is 24.2. The van der Waals surface area contributed by atoms with E-state index in [-0.39, 0.29) is 37.5 Å². The first kappa shape index (κ1) is 51.5. The van der Waals surface area contributed by atoms with Crippen LogP contribution in [0.25, 0.3) is 0 Å². The molecular formula is C45H58FN9O8S3. The molecule has 7 N–H and O–H groups in total. The summed E-state index contributed by atoms with van der Waals surface area (Å²) in [5.74, 6) is -1.01. The molecule has 21 heteroatoms. The summed E-state index contributed by atoms with van der Waals surface area (Å²) < 4.78 is 24.9. The molecule has 0 spiro atoms. The third-order valence-electron chi connectivity index (χ3n) is 10.3. The van der Waals surface area contributed by atoms with Crippen LogP contribution in [-0.2, 0) is 40.3 Å². The van der Waals surface area contributed by atoms with Crippen LogP contribution in [0.15, 0.2) is 88.7 Å². The van der Waals surface area contributed by atoms with Crippen LogP contribution < -0.4 is 27.4 Å². The van der Waals surface area contributed by atoms with Gasteiger partial charge in [-0.25, -0.2) is 23.8 Å². The van der Waals surface area contributed by atoms with Gasteiger partial charge in [0.25, 0.3) is 0 Å². The molecule has 66 heavy (non-hydrogen) atoms. The third-order valence-corrected chi connectivity index (χ3v) is 13.3. The first-order chi connectivity index (χ1) is 31.6. The van der Waals surface area contributed by atoms with Gasteiger partial charge in [-0.2, -0.15) is 4.98 Å². The number of carbonyl (C=O) groups is 3. The van der Waals surface area contributed by atoms with E-state index < -0.39 is 59.3 Å². The van der Waals surface area contributed by atoms with Crippen molar-refractivity contribution >= 4 is 58.3 Å². The molecule has 0 unspecified atom stereocenters. The van der Waals surface area contributed by atoms with Gasteiger partial charge in [-0.05, 0) is 36.3 Å². The number of ether oxygens (including phenoxy) is 2. The number of thioether (sulfide) groups is 1. The van der Waals surface area contributed by atoms with Crippen LogP contribution in [0, 0.1) is 11.7 Å². The summed E-state index contributed by atoms with van der Waals surface area (Å²) in [5.41, 5.74) is 8.45. The number of nitrogens with two attached hydrogens (primary N) is 1. The third kappa shape index (κ3) is 15.9. The van der Waals surface area contributed by atoms with E-state index in [0.29, 0.717) is 31.1 Å².